The summed E-state index contributed by atoms with van der Waals surface area (Å²) in [6, 6.07) is 21.8. The molecule has 4 rings (SSSR count). The second kappa shape index (κ2) is 9.44. The molecule has 0 spiro atoms. The number of nitrogens with one attached hydrogen (secondary N) is 2. The molecule has 3 aromatic carbocycles. The van der Waals surface area contributed by atoms with Crippen molar-refractivity contribution in [3.05, 3.63) is 107 Å². The number of aromatic nitrogens is 3. The van der Waals surface area contributed by atoms with Gasteiger partial charge in [0.05, 0.1) is 23.0 Å². The average molecular weight is 443 g/mol. The van der Waals surface area contributed by atoms with Crippen LogP contribution in [0.2, 0.25) is 0 Å². The van der Waals surface area contributed by atoms with Crippen LogP contribution in [0, 0.1) is 12.7 Å². The molecule has 4 aromatic rings. The number of halogens is 1. The van der Waals surface area contributed by atoms with Crippen LogP contribution in [0.5, 0.6) is 0 Å². The van der Waals surface area contributed by atoms with E-state index in [1.54, 1.807) is 43.3 Å². The third-order valence-electron chi connectivity index (χ3n) is 5.11. The van der Waals surface area contributed by atoms with Gasteiger partial charge in [-0.3, -0.25) is 9.59 Å². The van der Waals surface area contributed by atoms with E-state index in [1.165, 1.54) is 16.8 Å². The highest BCUT2D eigenvalue weighted by Gasteiger charge is 2.19. The highest BCUT2D eigenvalue weighted by molar-refractivity contribution is 6.07. The minimum absolute atomic E-state index is 0.0651. The van der Waals surface area contributed by atoms with E-state index in [4.69, 9.17) is 0 Å². The lowest BCUT2D eigenvalue weighted by Gasteiger charge is -2.16. The zero-order chi connectivity index (χ0) is 23.4. The van der Waals surface area contributed by atoms with Crippen LogP contribution < -0.4 is 10.6 Å². The van der Waals surface area contributed by atoms with Gasteiger partial charge in [0.25, 0.3) is 11.8 Å². The number of anilines is 1. The van der Waals surface area contributed by atoms with E-state index in [2.05, 4.69) is 20.7 Å². The third kappa shape index (κ3) is 4.95. The van der Waals surface area contributed by atoms with E-state index in [0.717, 1.165) is 5.56 Å². The summed E-state index contributed by atoms with van der Waals surface area (Å²) in [5.74, 6) is -0.844. The Morgan fingerprint density at radius 3 is 2.30 bits per heavy atom. The van der Waals surface area contributed by atoms with Crippen molar-refractivity contribution in [2.24, 2.45) is 0 Å². The molecule has 2 amide bonds. The van der Waals surface area contributed by atoms with Crippen molar-refractivity contribution in [2.45, 2.75) is 19.9 Å². The van der Waals surface area contributed by atoms with Gasteiger partial charge in [-0.2, -0.15) is 0 Å². The second-order valence-electron chi connectivity index (χ2n) is 7.48. The van der Waals surface area contributed by atoms with E-state index in [1.807, 2.05) is 37.3 Å². The van der Waals surface area contributed by atoms with Crippen LogP contribution in [0.1, 0.15) is 45.3 Å². The fourth-order valence-electron chi connectivity index (χ4n) is 3.38. The van der Waals surface area contributed by atoms with Crippen molar-refractivity contribution in [3.8, 4) is 5.69 Å². The van der Waals surface area contributed by atoms with Crippen molar-refractivity contribution in [2.75, 3.05) is 5.32 Å². The predicted octanol–water partition coefficient (Wildman–Crippen LogP) is 4.46. The van der Waals surface area contributed by atoms with Gasteiger partial charge in [-0.25, -0.2) is 14.1 Å². The Labute approximate surface area is 190 Å². The molecule has 0 aliphatic heterocycles. The molecule has 0 fully saturated rings. The van der Waals surface area contributed by atoms with Crippen LogP contribution in [0.15, 0.2) is 78.9 Å². The Morgan fingerprint density at radius 2 is 1.58 bits per heavy atom. The minimum atomic E-state index is -0.560. The number of amides is 2. The summed E-state index contributed by atoms with van der Waals surface area (Å²) in [6.45, 7) is 3.59. The van der Waals surface area contributed by atoms with Crippen LogP contribution in [-0.4, -0.2) is 26.6 Å². The maximum absolute atomic E-state index is 13.2. The number of hydrogen-bond acceptors (Lipinski definition) is 4. The number of para-hydroxylation sites is 1. The number of aryl methyl sites for hydroxylation is 1. The van der Waals surface area contributed by atoms with Crippen molar-refractivity contribution < 1.29 is 14.0 Å². The predicted molar refractivity (Wildman–Crippen MR) is 123 cm³/mol. The Kier molecular flexibility index (Phi) is 6.26. The molecule has 8 heteroatoms. The van der Waals surface area contributed by atoms with Crippen molar-refractivity contribution in [3.63, 3.8) is 0 Å². The van der Waals surface area contributed by atoms with Crippen LogP contribution in [-0.2, 0) is 0 Å². The van der Waals surface area contributed by atoms with Gasteiger partial charge in [0.1, 0.15) is 11.6 Å². The molecule has 0 saturated heterocycles. The normalized spacial score (nSPS) is 11.6. The zero-order valence-corrected chi connectivity index (χ0v) is 18.1. The van der Waals surface area contributed by atoms with E-state index in [9.17, 15) is 14.0 Å². The summed E-state index contributed by atoms with van der Waals surface area (Å²) >= 11 is 0. The lowest BCUT2D eigenvalue weighted by molar-refractivity contribution is 0.0940. The summed E-state index contributed by atoms with van der Waals surface area (Å²) in [5, 5.41) is 9.91. The summed E-state index contributed by atoms with van der Waals surface area (Å²) in [7, 11) is 0. The molecule has 2 N–H and O–H groups in total. The van der Waals surface area contributed by atoms with Gasteiger partial charge in [-0.15, -0.1) is 5.10 Å². The van der Waals surface area contributed by atoms with Gasteiger partial charge in [0, 0.05) is 0 Å². The van der Waals surface area contributed by atoms with Crippen LogP contribution >= 0.6 is 0 Å². The smallest absolute Gasteiger partial charge is 0.295 e. The first-order chi connectivity index (χ1) is 15.9. The van der Waals surface area contributed by atoms with Crippen molar-refractivity contribution >= 4 is 17.5 Å². The van der Waals surface area contributed by atoms with E-state index >= 15 is 0 Å². The Bertz CT molecular complexity index is 1290. The summed E-state index contributed by atoms with van der Waals surface area (Å²) in [6.07, 6.45) is 0. The molecular weight excluding hydrogens is 421 g/mol. The summed E-state index contributed by atoms with van der Waals surface area (Å²) in [4.78, 5) is 30.0. The first-order valence-electron chi connectivity index (χ1n) is 10.4. The molecule has 33 heavy (non-hydrogen) atoms. The molecule has 0 saturated carbocycles. The van der Waals surface area contributed by atoms with Gasteiger partial charge < -0.3 is 10.6 Å². The number of carbonyl (C=O) groups excluding carboxylic acids is 2. The number of rotatable bonds is 6. The number of hydrogen-bond donors (Lipinski definition) is 2. The maximum atomic E-state index is 13.2. The van der Waals surface area contributed by atoms with E-state index in [-0.39, 0.29) is 23.6 Å². The van der Waals surface area contributed by atoms with Gasteiger partial charge in [-0.1, -0.05) is 42.5 Å². The standard InChI is InChI=1S/C25H22FN5O2/c1-16(18-8-4-3-5-9-18)27-24(32)21-10-6-7-11-22(21)29-25(33)23-28-17(2)31(30-23)20-14-12-19(26)13-15-20/h3-16H,1-2H3,(H,27,32)(H,29,33). The highest BCUT2D eigenvalue weighted by atomic mass is 19.1. The monoisotopic (exact) mass is 443 g/mol. The summed E-state index contributed by atoms with van der Waals surface area (Å²) in [5.41, 5.74) is 2.22. The molecule has 1 heterocycles. The zero-order valence-electron chi connectivity index (χ0n) is 18.1. The highest BCUT2D eigenvalue weighted by Crippen LogP contribution is 2.19. The fraction of sp³-hybridized carbons (Fsp3) is 0.120. The Hall–Kier alpha value is -4.33. The van der Waals surface area contributed by atoms with Gasteiger partial charge >= 0.3 is 0 Å². The summed E-state index contributed by atoms with van der Waals surface area (Å²) < 4.78 is 14.7. The largest absolute Gasteiger partial charge is 0.345 e. The first kappa shape index (κ1) is 21.9. The number of benzene rings is 3. The van der Waals surface area contributed by atoms with Gasteiger partial charge in [0.2, 0.25) is 5.82 Å². The molecule has 7 nitrogen and oxygen atoms in total. The van der Waals surface area contributed by atoms with Gasteiger partial charge in [0.15, 0.2) is 0 Å². The molecule has 0 radical (unpaired) electrons. The molecule has 1 unspecified atom stereocenters. The SMILES string of the molecule is Cc1nc(C(=O)Nc2ccccc2C(=O)NC(C)c2ccccc2)nn1-c1ccc(F)cc1. The molecule has 0 bridgehead atoms. The maximum Gasteiger partial charge on any atom is 0.295 e. The minimum Gasteiger partial charge on any atom is -0.345 e. The van der Waals surface area contributed by atoms with E-state index < -0.39 is 5.91 Å². The lowest BCUT2D eigenvalue weighted by atomic mass is 10.1. The lowest BCUT2D eigenvalue weighted by Crippen LogP contribution is -2.28. The molecule has 166 valence electrons. The van der Waals surface area contributed by atoms with Crippen molar-refractivity contribution in [1.82, 2.24) is 20.1 Å². The van der Waals surface area contributed by atoms with Crippen LogP contribution in [0.25, 0.3) is 5.69 Å². The Balaban J connectivity index is 1.52. The topological polar surface area (TPSA) is 88.9 Å². The quantitative estimate of drug-likeness (QED) is 0.461. The number of carbonyl (C=O) groups is 2. The third-order valence-corrected chi connectivity index (χ3v) is 5.11. The first-order valence-corrected chi connectivity index (χ1v) is 10.4. The average Bonchev–Trinajstić information content (AvgIpc) is 3.22. The molecule has 0 aliphatic rings. The van der Waals surface area contributed by atoms with Crippen LogP contribution in [0.4, 0.5) is 10.1 Å². The fourth-order valence-corrected chi connectivity index (χ4v) is 3.38. The number of nitrogens with zero attached hydrogens (tertiary/aromatic N) is 3. The molecular formula is C25H22FN5O2. The Morgan fingerprint density at radius 1 is 0.909 bits per heavy atom. The van der Waals surface area contributed by atoms with Crippen molar-refractivity contribution in [1.29, 1.82) is 0 Å². The molecule has 1 aromatic heterocycles. The molecule has 1 atom stereocenters. The van der Waals surface area contributed by atoms with Gasteiger partial charge in [-0.05, 0) is 55.8 Å². The second-order valence-corrected chi connectivity index (χ2v) is 7.48. The van der Waals surface area contributed by atoms with Crippen LogP contribution in [0.3, 0.4) is 0 Å². The van der Waals surface area contributed by atoms with E-state index in [0.29, 0.717) is 22.8 Å². The molecule has 0 aliphatic carbocycles.